The van der Waals surface area contributed by atoms with Gasteiger partial charge in [0.1, 0.15) is 5.60 Å². The molecule has 3 N–H and O–H groups in total. The Labute approximate surface area is 170 Å². The highest BCUT2D eigenvalue weighted by Gasteiger charge is 2.15. The van der Waals surface area contributed by atoms with Gasteiger partial charge in [-0.15, -0.1) is 0 Å². The third-order valence-electron chi connectivity index (χ3n) is 3.65. The van der Waals surface area contributed by atoms with Gasteiger partial charge in [0.25, 0.3) is 5.91 Å². The Morgan fingerprint density at radius 2 is 1.76 bits per heavy atom. The van der Waals surface area contributed by atoms with E-state index in [4.69, 9.17) is 4.74 Å². The summed E-state index contributed by atoms with van der Waals surface area (Å²) in [4.78, 5) is 39.4. The Balaban J connectivity index is 1.71. The lowest BCUT2D eigenvalue weighted by Crippen LogP contribution is -2.35. The molecule has 0 atom stereocenters. The number of nitrogens with zero attached hydrogens (tertiary/aromatic N) is 1. The Hall–Kier alpha value is -3.42. The zero-order valence-electron chi connectivity index (χ0n) is 16.8. The van der Waals surface area contributed by atoms with Crippen molar-refractivity contribution in [1.82, 2.24) is 15.6 Å². The lowest BCUT2D eigenvalue weighted by atomic mass is 10.2. The molecule has 0 unspecified atom stereocenters. The van der Waals surface area contributed by atoms with Crippen LogP contribution in [0, 0.1) is 0 Å². The molecule has 0 saturated carbocycles. The monoisotopic (exact) mass is 398 g/mol. The van der Waals surface area contributed by atoms with E-state index in [1.807, 2.05) is 12.1 Å². The minimum absolute atomic E-state index is 0.151. The summed E-state index contributed by atoms with van der Waals surface area (Å²) >= 11 is 0. The van der Waals surface area contributed by atoms with Crippen LogP contribution >= 0.6 is 0 Å². The Morgan fingerprint density at radius 3 is 2.38 bits per heavy atom. The first-order chi connectivity index (χ1) is 13.7. The molecule has 1 heterocycles. The molecule has 8 nitrogen and oxygen atoms in total. The summed E-state index contributed by atoms with van der Waals surface area (Å²) in [6.07, 6.45) is 2.71. The van der Waals surface area contributed by atoms with Gasteiger partial charge in [-0.3, -0.25) is 14.6 Å². The minimum atomic E-state index is -0.573. The zero-order valence-corrected chi connectivity index (χ0v) is 16.8. The zero-order chi connectivity index (χ0) is 21.3. The molecule has 0 bridgehead atoms. The van der Waals surface area contributed by atoms with E-state index in [-0.39, 0.29) is 24.8 Å². The van der Waals surface area contributed by atoms with Gasteiger partial charge in [-0.25, -0.2) is 4.79 Å². The average Bonchev–Trinajstić information content (AvgIpc) is 2.66. The van der Waals surface area contributed by atoms with Crippen molar-refractivity contribution in [3.8, 4) is 0 Å². The number of hydrogen-bond donors (Lipinski definition) is 3. The minimum Gasteiger partial charge on any atom is -0.444 e. The Kier molecular flexibility index (Phi) is 7.70. The van der Waals surface area contributed by atoms with Crippen LogP contribution in [0.25, 0.3) is 0 Å². The quantitative estimate of drug-likeness (QED) is 0.664. The van der Waals surface area contributed by atoms with Crippen molar-refractivity contribution in [2.45, 2.75) is 39.3 Å². The van der Waals surface area contributed by atoms with Gasteiger partial charge in [0.15, 0.2) is 0 Å². The molecule has 0 fully saturated rings. The highest BCUT2D eigenvalue weighted by Crippen LogP contribution is 2.11. The molecule has 3 amide bonds. The van der Waals surface area contributed by atoms with E-state index >= 15 is 0 Å². The Morgan fingerprint density at radius 1 is 1.03 bits per heavy atom. The summed E-state index contributed by atoms with van der Waals surface area (Å²) in [6, 6.07) is 10.5. The van der Waals surface area contributed by atoms with Crippen molar-refractivity contribution in [1.29, 1.82) is 0 Å². The summed E-state index contributed by atoms with van der Waals surface area (Å²) in [5, 5.41) is 8.11. The predicted octanol–water partition coefficient (Wildman–Crippen LogP) is 2.86. The molecule has 0 saturated heterocycles. The van der Waals surface area contributed by atoms with Crippen molar-refractivity contribution < 1.29 is 19.1 Å². The fraction of sp³-hybridized carbons (Fsp3) is 0.333. The third kappa shape index (κ3) is 8.42. The van der Waals surface area contributed by atoms with Crippen LogP contribution in [0.15, 0.2) is 48.8 Å². The number of alkyl carbamates (subject to hydrolysis) is 1. The molecule has 0 aliphatic carbocycles. The van der Waals surface area contributed by atoms with Crippen molar-refractivity contribution in [2.75, 3.05) is 11.9 Å². The molecule has 154 valence electrons. The van der Waals surface area contributed by atoms with Gasteiger partial charge >= 0.3 is 6.09 Å². The van der Waals surface area contributed by atoms with Crippen LogP contribution in [0.3, 0.4) is 0 Å². The van der Waals surface area contributed by atoms with Gasteiger partial charge in [0, 0.05) is 37.6 Å². The summed E-state index contributed by atoms with van der Waals surface area (Å²) in [5.41, 5.74) is 1.44. The maximum Gasteiger partial charge on any atom is 0.407 e. The van der Waals surface area contributed by atoms with Gasteiger partial charge in [-0.1, -0.05) is 12.1 Å². The second-order valence-corrected chi connectivity index (χ2v) is 7.35. The number of amides is 3. The van der Waals surface area contributed by atoms with Gasteiger partial charge < -0.3 is 20.7 Å². The number of carbonyl (C=O) groups is 3. The smallest absolute Gasteiger partial charge is 0.407 e. The normalized spacial score (nSPS) is 10.7. The lowest BCUT2D eigenvalue weighted by molar-refractivity contribution is -0.121. The van der Waals surface area contributed by atoms with E-state index in [2.05, 4.69) is 20.9 Å². The number of ether oxygens (including phenoxy) is 1. The van der Waals surface area contributed by atoms with Gasteiger partial charge in [0.2, 0.25) is 5.91 Å². The van der Waals surface area contributed by atoms with Gasteiger partial charge in [0.05, 0.1) is 5.56 Å². The van der Waals surface area contributed by atoms with Crippen LogP contribution in [-0.2, 0) is 16.1 Å². The van der Waals surface area contributed by atoms with E-state index in [0.29, 0.717) is 17.8 Å². The van der Waals surface area contributed by atoms with Crippen molar-refractivity contribution in [3.63, 3.8) is 0 Å². The van der Waals surface area contributed by atoms with Gasteiger partial charge in [-0.05, 0) is 50.6 Å². The summed E-state index contributed by atoms with van der Waals surface area (Å²) in [5.74, 6) is -0.424. The molecule has 1 aromatic heterocycles. The number of pyridine rings is 1. The van der Waals surface area contributed by atoms with Crippen LogP contribution in [0.2, 0.25) is 0 Å². The second-order valence-electron chi connectivity index (χ2n) is 7.35. The molecule has 8 heteroatoms. The van der Waals surface area contributed by atoms with Crippen LogP contribution in [0.5, 0.6) is 0 Å². The van der Waals surface area contributed by atoms with E-state index < -0.39 is 11.7 Å². The first-order valence-electron chi connectivity index (χ1n) is 9.27. The number of aromatic nitrogens is 1. The topological polar surface area (TPSA) is 109 Å². The van der Waals surface area contributed by atoms with Crippen LogP contribution in [-0.4, -0.2) is 35.0 Å². The van der Waals surface area contributed by atoms with Gasteiger partial charge in [-0.2, -0.15) is 0 Å². The number of hydrogen-bond acceptors (Lipinski definition) is 5. The van der Waals surface area contributed by atoms with Crippen LogP contribution in [0.4, 0.5) is 10.5 Å². The van der Waals surface area contributed by atoms with E-state index in [1.54, 1.807) is 51.2 Å². The van der Waals surface area contributed by atoms with Crippen molar-refractivity contribution in [3.05, 3.63) is 59.9 Å². The second kappa shape index (κ2) is 10.2. The number of carbonyl (C=O) groups excluding carboxylic acids is 3. The molecule has 2 rings (SSSR count). The predicted molar refractivity (Wildman–Crippen MR) is 109 cm³/mol. The summed E-state index contributed by atoms with van der Waals surface area (Å²) < 4.78 is 5.10. The first kappa shape index (κ1) is 21.9. The third-order valence-corrected chi connectivity index (χ3v) is 3.65. The number of anilines is 1. The number of nitrogens with one attached hydrogen (secondary N) is 3. The number of benzene rings is 1. The number of rotatable bonds is 7. The highest BCUT2D eigenvalue weighted by molar-refractivity contribution is 6.04. The highest BCUT2D eigenvalue weighted by atomic mass is 16.6. The SMILES string of the molecule is CC(C)(C)OC(=O)NCCC(=O)NCc1ccc(NC(=O)c2cccnc2)cc1. The fourth-order valence-corrected chi connectivity index (χ4v) is 2.29. The molecule has 0 radical (unpaired) electrons. The Bertz CT molecular complexity index is 830. The maximum atomic E-state index is 12.1. The molecule has 0 spiro atoms. The molecule has 1 aromatic carbocycles. The van der Waals surface area contributed by atoms with E-state index in [9.17, 15) is 14.4 Å². The summed E-state index contributed by atoms with van der Waals surface area (Å²) in [7, 11) is 0. The molecular weight excluding hydrogens is 372 g/mol. The van der Waals surface area contributed by atoms with Crippen LogP contribution in [0.1, 0.15) is 43.1 Å². The largest absolute Gasteiger partial charge is 0.444 e. The first-order valence-corrected chi connectivity index (χ1v) is 9.27. The molecular formula is C21H26N4O4. The standard InChI is InChI=1S/C21H26N4O4/c1-21(2,3)29-20(28)23-12-10-18(26)24-13-15-6-8-17(9-7-15)25-19(27)16-5-4-11-22-14-16/h4-9,11,14H,10,12-13H2,1-3H3,(H,23,28)(H,24,26)(H,25,27). The van der Waals surface area contributed by atoms with Crippen LogP contribution < -0.4 is 16.0 Å². The molecule has 2 aromatic rings. The average molecular weight is 398 g/mol. The fourth-order valence-electron chi connectivity index (χ4n) is 2.29. The van der Waals surface area contributed by atoms with E-state index in [1.165, 1.54) is 6.20 Å². The van der Waals surface area contributed by atoms with Crippen molar-refractivity contribution >= 4 is 23.6 Å². The molecule has 0 aliphatic heterocycles. The maximum absolute atomic E-state index is 12.1. The molecule has 0 aliphatic rings. The van der Waals surface area contributed by atoms with Crippen molar-refractivity contribution in [2.24, 2.45) is 0 Å². The van der Waals surface area contributed by atoms with E-state index in [0.717, 1.165) is 5.56 Å². The molecule has 29 heavy (non-hydrogen) atoms. The summed E-state index contributed by atoms with van der Waals surface area (Å²) in [6.45, 7) is 5.86. The lowest BCUT2D eigenvalue weighted by Gasteiger charge is -2.19.